The van der Waals surface area contributed by atoms with Crippen molar-refractivity contribution >= 4 is 46.6 Å². The maximum absolute atomic E-state index is 12.0. The first kappa shape index (κ1) is 17.3. The van der Waals surface area contributed by atoms with Gasteiger partial charge >= 0.3 is 0 Å². The number of carbonyl (C=O) groups is 3. The predicted octanol–water partition coefficient (Wildman–Crippen LogP) is 3.24. The molecular formula is C17H12Cl2N2O4. The minimum Gasteiger partial charge on any atom is -0.482 e. The summed E-state index contributed by atoms with van der Waals surface area (Å²) in [6, 6.07) is 9.37. The van der Waals surface area contributed by atoms with Crippen LogP contribution in [0.4, 0.5) is 5.69 Å². The highest BCUT2D eigenvalue weighted by Crippen LogP contribution is 2.31. The lowest BCUT2D eigenvalue weighted by molar-refractivity contribution is -0.118. The Labute approximate surface area is 153 Å². The number of nitrogens with zero attached hydrogens (tertiary/aromatic N) is 1. The van der Waals surface area contributed by atoms with Crippen molar-refractivity contribution in [1.82, 2.24) is 4.90 Å². The highest BCUT2D eigenvalue weighted by Gasteiger charge is 2.32. The minimum atomic E-state index is -0.443. The fourth-order valence-corrected chi connectivity index (χ4v) is 2.72. The van der Waals surface area contributed by atoms with Crippen molar-refractivity contribution in [2.75, 3.05) is 19.0 Å². The van der Waals surface area contributed by atoms with Gasteiger partial charge in [0.1, 0.15) is 10.8 Å². The molecule has 0 radical (unpaired) electrons. The number of hydrogen-bond acceptors (Lipinski definition) is 4. The molecule has 2 aromatic carbocycles. The molecule has 1 aliphatic heterocycles. The van der Waals surface area contributed by atoms with E-state index < -0.39 is 11.8 Å². The van der Waals surface area contributed by atoms with E-state index in [9.17, 15) is 14.4 Å². The third-order valence-electron chi connectivity index (χ3n) is 3.65. The number of nitrogens with one attached hydrogen (secondary N) is 1. The van der Waals surface area contributed by atoms with Crippen molar-refractivity contribution in [2.24, 2.45) is 0 Å². The molecule has 2 aromatic rings. The van der Waals surface area contributed by atoms with E-state index in [1.54, 1.807) is 24.3 Å². The second-order valence-corrected chi connectivity index (χ2v) is 6.10. The van der Waals surface area contributed by atoms with Crippen LogP contribution in [-0.4, -0.2) is 36.3 Å². The van der Waals surface area contributed by atoms with E-state index in [4.69, 9.17) is 27.9 Å². The van der Waals surface area contributed by atoms with Gasteiger partial charge in [0.2, 0.25) is 0 Å². The molecule has 6 nitrogen and oxygen atoms in total. The Balaban J connectivity index is 1.67. The summed E-state index contributed by atoms with van der Waals surface area (Å²) in [6.45, 7) is -0.288. The lowest BCUT2D eigenvalue weighted by Crippen LogP contribution is -2.24. The van der Waals surface area contributed by atoms with Crippen LogP contribution in [0, 0.1) is 0 Å². The van der Waals surface area contributed by atoms with E-state index in [1.807, 2.05) is 0 Å². The molecule has 0 saturated carbocycles. The molecule has 1 N–H and O–H groups in total. The Bertz CT molecular complexity index is 898. The molecule has 8 heteroatoms. The van der Waals surface area contributed by atoms with E-state index in [-0.39, 0.29) is 23.1 Å². The van der Waals surface area contributed by atoms with Gasteiger partial charge in [-0.3, -0.25) is 19.3 Å². The Kier molecular flexibility index (Phi) is 4.65. The number of carbonyl (C=O) groups excluding carboxylic acids is 3. The molecule has 0 aromatic heterocycles. The summed E-state index contributed by atoms with van der Waals surface area (Å²) < 4.78 is 5.34. The van der Waals surface area contributed by atoms with Gasteiger partial charge in [0, 0.05) is 12.7 Å². The second-order valence-electron chi connectivity index (χ2n) is 5.32. The molecule has 0 bridgehead atoms. The van der Waals surface area contributed by atoms with Crippen molar-refractivity contribution in [3.8, 4) is 5.75 Å². The van der Waals surface area contributed by atoms with Gasteiger partial charge in [0.15, 0.2) is 6.61 Å². The third kappa shape index (κ3) is 3.31. The molecule has 0 fully saturated rings. The van der Waals surface area contributed by atoms with Gasteiger partial charge in [-0.1, -0.05) is 29.3 Å². The Morgan fingerprint density at radius 1 is 1.12 bits per heavy atom. The first-order valence-corrected chi connectivity index (χ1v) is 7.97. The zero-order valence-corrected chi connectivity index (χ0v) is 14.5. The SMILES string of the molecule is CN1C(=O)c2ccc(NC(=O)COc3cccc(Cl)c3Cl)cc2C1=O. The highest BCUT2D eigenvalue weighted by atomic mass is 35.5. The van der Waals surface area contributed by atoms with Crippen molar-refractivity contribution < 1.29 is 19.1 Å². The topological polar surface area (TPSA) is 75.7 Å². The Morgan fingerprint density at radius 3 is 2.60 bits per heavy atom. The van der Waals surface area contributed by atoms with Gasteiger partial charge < -0.3 is 10.1 Å². The molecule has 1 aliphatic rings. The fourth-order valence-electron chi connectivity index (χ4n) is 2.37. The van der Waals surface area contributed by atoms with E-state index in [0.29, 0.717) is 22.0 Å². The molecule has 0 spiro atoms. The molecule has 0 unspecified atom stereocenters. The molecule has 3 amide bonds. The molecular weight excluding hydrogens is 367 g/mol. The van der Waals surface area contributed by atoms with Crippen LogP contribution in [0.25, 0.3) is 0 Å². The summed E-state index contributed by atoms with van der Waals surface area (Å²) in [6.07, 6.45) is 0. The van der Waals surface area contributed by atoms with Crippen molar-refractivity contribution in [3.05, 3.63) is 57.6 Å². The zero-order chi connectivity index (χ0) is 18.1. The number of imide groups is 1. The summed E-state index contributed by atoms with van der Waals surface area (Å²) in [7, 11) is 1.41. The second kappa shape index (κ2) is 6.74. The van der Waals surface area contributed by atoms with Gasteiger partial charge in [0.05, 0.1) is 16.1 Å². The van der Waals surface area contributed by atoms with E-state index >= 15 is 0 Å². The first-order valence-electron chi connectivity index (χ1n) is 7.21. The maximum Gasteiger partial charge on any atom is 0.262 e. The number of rotatable bonds is 4. The normalized spacial score (nSPS) is 13.0. The van der Waals surface area contributed by atoms with Crippen LogP contribution in [-0.2, 0) is 4.79 Å². The standard InChI is InChI=1S/C17H12Cl2N2O4/c1-21-16(23)10-6-5-9(7-11(10)17(21)24)20-14(22)8-25-13-4-2-3-12(18)15(13)19/h2-7H,8H2,1H3,(H,20,22). The van der Waals surface area contributed by atoms with Crippen LogP contribution in [0.1, 0.15) is 20.7 Å². The molecule has 0 atom stereocenters. The number of ether oxygens (including phenoxy) is 1. The van der Waals surface area contributed by atoms with Crippen LogP contribution in [0.3, 0.4) is 0 Å². The Hall–Kier alpha value is -2.57. The van der Waals surface area contributed by atoms with Crippen molar-refractivity contribution in [1.29, 1.82) is 0 Å². The molecule has 128 valence electrons. The molecule has 25 heavy (non-hydrogen) atoms. The summed E-state index contributed by atoms with van der Waals surface area (Å²) >= 11 is 11.9. The molecule has 1 heterocycles. The number of halogens is 2. The minimum absolute atomic E-state index is 0.224. The molecule has 0 saturated heterocycles. The van der Waals surface area contributed by atoms with E-state index in [2.05, 4.69) is 5.32 Å². The predicted molar refractivity (Wildman–Crippen MR) is 93.5 cm³/mol. The third-order valence-corrected chi connectivity index (χ3v) is 4.45. The number of benzene rings is 2. The van der Waals surface area contributed by atoms with Crippen LogP contribution < -0.4 is 10.1 Å². The average molecular weight is 379 g/mol. The van der Waals surface area contributed by atoms with Crippen LogP contribution >= 0.6 is 23.2 Å². The van der Waals surface area contributed by atoms with Crippen LogP contribution in [0.15, 0.2) is 36.4 Å². The quantitative estimate of drug-likeness (QED) is 0.828. The number of amides is 3. The van der Waals surface area contributed by atoms with Crippen LogP contribution in [0.2, 0.25) is 10.0 Å². The maximum atomic E-state index is 12.0. The Morgan fingerprint density at radius 2 is 1.84 bits per heavy atom. The van der Waals surface area contributed by atoms with Gasteiger partial charge in [-0.25, -0.2) is 0 Å². The zero-order valence-electron chi connectivity index (χ0n) is 13.0. The summed E-state index contributed by atoms with van der Waals surface area (Å²) in [4.78, 5) is 36.8. The van der Waals surface area contributed by atoms with Gasteiger partial charge in [-0.15, -0.1) is 0 Å². The summed E-state index contributed by atoms with van der Waals surface area (Å²) in [5, 5.41) is 3.15. The molecule has 3 rings (SSSR count). The number of hydrogen-bond donors (Lipinski definition) is 1. The lowest BCUT2D eigenvalue weighted by atomic mass is 10.1. The van der Waals surface area contributed by atoms with Gasteiger partial charge in [0.25, 0.3) is 17.7 Å². The van der Waals surface area contributed by atoms with Crippen molar-refractivity contribution in [3.63, 3.8) is 0 Å². The number of anilines is 1. The summed E-state index contributed by atoms with van der Waals surface area (Å²) in [5.41, 5.74) is 0.956. The largest absolute Gasteiger partial charge is 0.482 e. The van der Waals surface area contributed by atoms with E-state index in [1.165, 1.54) is 19.2 Å². The summed E-state index contributed by atoms with van der Waals surface area (Å²) in [5.74, 6) is -0.920. The van der Waals surface area contributed by atoms with Gasteiger partial charge in [-0.2, -0.15) is 0 Å². The smallest absolute Gasteiger partial charge is 0.262 e. The average Bonchev–Trinajstić information content (AvgIpc) is 2.80. The lowest BCUT2D eigenvalue weighted by Gasteiger charge is -2.10. The monoisotopic (exact) mass is 378 g/mol. The molecule has 0 aliphatic carbocycles. The van der Waals surface area contributed by atoms with Crippen molar-refractivity contribution in [2.45, 2.75) is 0 Å². The van der Waals surface area contributed by atoms with Gasteiger partial charge in [-0.05, 0) is 30.3 Å². The first-order chi connectivity index (χ1) is 11.9. The van der Waals surface area contributed by atoms with E-state index in [0.717, 1.165) is 4.90 Å². The fraction of sp³-hybridized carbons (Fsp3) is 0.118. The van der Waals surface area contributed by atoms with Crippen LogP contribution in [0.5, 0.6) is 5.75 Å². The number of fused-ring (bicyclic) bond motifs is 1. The highest BCUT2D eigenvalue weighted by molar-refractivity contribution is 6.42.